The predicted octanol–water partition coefficient (Wildman–Crippen LogP) is 4.11. The number of hydrogen-bond donors (Lipinski definition) is 1. The molecule has 0 aliphatic heterocycles. The van der Waals surface area contributed by atoms with Gasteiger partial charge in [-0.05, 0) is 12.1 Å². The molecular formula is C13H8ClF3N4O2. The average molecular weight is 345 g/mol. The SMILES string of the molecule is O=[N+]([O-])c1ccccc1NN=Cc1ncc(C(F)(F)F)cc1Cl. The monoisotopic (exact) mass is 344 g/mol. The third-order valence-corrected chi connectivity index (χ3v) is 2.97. The highest BCUT2D eigenvalue weighted by Gasteiger charge is 2.31. The Labute approximate surface area is 132 Å². The van der Waals surface area contributed by atoms with Gasteiger partial charge in [0.05, 0.1) is 21.7 Å². The minimum atomic E-state index is -4.55. The summed E-state index contributed by atoms with van der Waals surface area (Å²) in [5.41, 5.74) is 1.36. The van der Waals surface area contributed by atoms with E-state index in [2.05, 4.69) is 15.5 Å². The van der Waals surface area contributed by atoms with Gasteiger partial charge in [0, 0.05) is 12.3 Å². The zero-order chi connectivity index (χ0) is 17.0. The topological polar surface area (TPSA) is 80.4 Å². The Hall–Kier alpha value is -2.68. The van der Waals surface area contributed by atoms with Gasteiger partial charge >= 0.3 is 6.18 Å². The molecule has 1 heterocycles. The Bertz CT molecular complexity index is 765. The number of hydrogen-bond acceptors (Lipinski definition) is 5. The molecule has 0 spiro atoms. The second-order valence-corrected chi connectivity index (χ2v) is 4.64. The Balaban J connectivity index is 2.17. The van der Waals surface area contributed by atoms with E-state index in [0.717, 1.165) is 12.3 Å². The first-order valence-electron chi connectivity index (χ1n) is 6.04. The first-order chi connectivity index (χ1) is 10.8. The first kappa shape index (κ1) is 16.7. The molecule has 0 atom stereocenters. The molecule has 6 nitrogen and oxygen atoms in total. The normalized spacial score (nSPS) is 11.7. The number of rotatable bonds is 4. The summed E-state index contributed by atoms with van der Waals surface area (Å²) in [6, 6.07) is 6.48. The third kappa shape index (κ3) is 4.16. The number of aromatic nitrogens is 1. The maximum atomic E-state index is 12.5. The lowest BCUT2D eigenvalue weighted by Gasteiger charge is -2.07. The number of para-hydroxylation sites is 2. The van der Waals surface area contributed by atoms with Crippen LogP contribution < -0.4 is 5.43 Å². The zero-order valence-electron chi connectivity index (χ0n) is 11.2. The van der Waals surface area contributed by atoms with Crippen molar-refractivity contribution in [3.8, 4) is 0 Å². The van der Waals surface area contributed by atoms with Crippen LogP contribution in [0, 0.1) is 10.1 Å². The highest BCUT2D eigenvalue weighted by atomic mass is 35.5. The third-order valence-electron chi connectivity index (χ3n) is 2.67. The van der Waals surface area contributed by atoms with Gasteiger partial charge in [-0.1, -0.05) is 23.7 Å². The predicted molar refractivity (Wildman–Crippen MR) is 78.6 cm³/mol. The fourth-order valence-corrected chi connectivity index (χ4v) is 1.80. The second-order valence-electron chi connectivity index (χ2n) is 4.23. The smallest absolute Gasteiger partial charge is 0.272 e. The molecule has 2 rings (SSSR count). The van der Waals surface area contributed by atoms with Crippen LogP contribution in [0.1, 0.15) is 11.3 Å². The van der Waals surface area contributed by atoms with Gasteiger partial charge in [0.15, 0.2) is 0 Å². The largest absolute Gasteiger partial charge is 0.417 e. The van der Waals surface area contributed by atoms with E-state index in [1.54, 1.807) is 6.07 Å². The number of nitro groups is 1. The van der Waals surface area contributed by atoms with E-state index in [4.69, 9.17) is 11.6 Å². The van der Waals surface area contributed by atoms with E-state index >= 15 is 0 Å². The summed E-state index contributed by atoms with van der Waals surface area (Å²) in [6.07, 6.45) is -2.85. The summed E-state index contributed by atoms with van der Waals surface area (Å²) >= 11 is 5.71. The van der Waals surface area contributed by atoms with Crippen LogP contribution >= 0.6 is 11.6 Å². The molecule has 2 aromatic rings. The number of anilines is 1. The van der Waals surface area contributed by atoms with Gasteiger partial charge < -0.3 is 0 Å². The van der Waals surface area contributed by atoms with E-state index in [9.17, 15) is 23.3 Å². The molecule has 1 N–H and O–H groups in total. The molecule has 0 saturated carbocycles. The molecular weight excluding hydrogens is 337 g/mol. The molecule has 23 heavy (non-hydrogen) atoms. The van der Waals surface area contributed by atoms with E-state index in [1.165, 1.54) is 18.2 Å². The summed E-state index contributed by atoms with van der Waals surface area (Å²) in [6.45, 7) is 0. The van der Waals surface area contributed by atoms with Crippen LogP contribution in [0.15, 0.2) is 41.6 Å². The number of nitrogens with one attached hydrogen (secondary N) is 1. The Morgan fingerprint density at radius 1 is 1.35 bits per heavy atom. The van der Waals surface area contributed by atoms with Crippen LogP contribution in [0.5, 0.6) is 0 Å². The molecule has 10 heteroatoms. The first-order valence-corrected chi connectivity index (χ1v) is 6.42. The summed E-state index contributed by atoms with van der Waals surface area (Å²) in [4.78, 5) is 13.8. The van der Waals surface area contributed by atoms with E-state index in [-0.39, 0.29) is 22.1 Å². The molecule has 0 aliphatic rings. The van der Waals surface area contributed by atoms with Crippen molar-refractivity contribution in [3.05, 3.63) is 62.9 Å². The van der Waals surface area contributed by atoms with Crippen molar-refractivity contribution >= 4 is 29.2 Å². The van der Waals surface area contributed by atoms with Crippen molar-refractivity contribution in [2.24, 2.45) is 5.10 Å². The van der Waals surface area contributed by atoms with Crippen molar-refractivity contribution in [3.63, 3.8) is 0 Å². The van der Waals surface area contributed by atoms with Gasteiger partial charge in [0.2, 0.25) is 0 Å². The van der Waals surface area contributed by atoms with Crippen molar-refractivity contribution in [1.29, 1.82) is 0 Å². The fraction of sp³-hybridized carbons (Fsp3) is 0.0769. The summed E-state index contributed by atoms with van der Waals surface area (Å²) in [7, 11) is 0. The highest BCUT2D eigenvalue weighted by molar-refractivity contribution is 6.32. The summed E-state index contributed by atoms with van der Waals surface area (Å²) in [5, 5.41) is 14.3. The molecule has 1 aromatic heterocycles. The van der Waals surface area contributed by atoms with E-state index < -0.39 is 16.7 Å². The van der Waals surface area contributed by atoms with Gasteiger partial charge in [-0.2, -0.15) is 18.3 Å². The number of alkyl halides is 3. The summed E-state index contributed by atoms with van der Waals surface area (Å²) < 4.78 is 37.5. The Kier molecular flexibility index (Phi) is 4.80. The minimum Gasteiger partial charge on any atom is -0.272 e. The molecule has 120 valence electrons. The maximum Gasteiger partial charge on any atom is 0.417 e. The lowest BCUT2D eigenvalue weighted by Crippen LogP contribution is -2.06. The Morgan fingerprint density at radius 3 is 2.65 bits per heavy atom. The number of halogens is 4. The van der Waals surface area contributed by atoms with Crippen molar-refractivity contribution < 1.29 is 18.1 Å². The molecule has 0 radical (unpaired) electrons. The lowest BCUT2D eigenvalue weighted by molar-refractivity contribution is -0.384. The van der Waals surface area contributed by atoms with Crippen LogP contribution in [0.25, 0.3) is 0 Å². The molecule has 0 saturated heterocycles. The van der Waals surface area contributed by atoms with Crippen molar-refractivity contribution in [2.45, 2.75) is 6.18 Å². The number of pyridine rings is 1. The lowest BCUT2D eigenvalue weighted by atomic mass is 10.2. The van der Waals surface area contributed by atoms with Crippen molar-refractivity contribution in [1.82, 2.24) is 4.98 Å². The second kappa shape index (κ2) is 6.61. The summed E-state index contributed by atoms with van der Waals surface area (Å²) in [5.74, 6) is 0. The van der Waals surface area contributed by atoms with Gasteiger partial charge in [-0.15, -0.1) is 0 Å². The molecule has 1 aromatic carbocycles. The van der Waals surface area contributed by atoms with Crippen LogP contribution in [-0.2, 0) is 6.18 Å². The molecule has 0 aliphatic carbocycles. The van der Waals surface area contributed by atoms with Gasteiger partial charge in [0.1, 0.15) is 11.4 Å². The van der Waals surface area contributed by atoms with Crippen LogP contribution in [-0.4, -0.2) is 16.1 Å². The molecule has 0 amide bonds. The number of nitrogens with zero attached hydrogens (tertiary/aromatic N) is 3. The number of benzene rings is 1. The maximum absolute atomic E-state index is 12.5. The molecule has 0 fully saturated rings. The van der Waals surface area contributed by atoms with Crippen molar-refractivity contribution in [2.75, 3.05) is 5.43 Å². The zero-order valence-corrected chi connectivity index (χ0v) is 12.0. The minimum absolute atomic E-state index is 0.00856. The quantitative estimate of drug-likeness (QED) is 0.514. The number of hydrazone groups is 1. The molecule has 0 unspecified atom stereocenters. The van der Waals surface area contributed by atoms with Gasteiger partial charge in [0.25, 0.3) is 5.69 Å². The van der Waals surface area contributed by atoms with Gasteiger partial charge in [-0.3, -0.25) is 20.5 Å². The van der Waals surface area contributed by atoms with E-state index in [0.29, 0.717) is 6.20 Å². The molecule has 0 bridgehead atoms. The van der Waals surface area contributed by atoms with Crippen LogP contribution in [0.3, 0.4) is 0 Å². The highest BCUT2D eigenvalue weighted by Crippen LogP contribution is 2.30. The fourth-order valence-electron chi connectivity index (χ4n) is 1.59. The Morgan fingerprint density at radius 2 is 2.04 bits per heavy atom. The van der Waals surface area contributed by atoms with Crippen LogP contribution in [0.2, 0.25) is 5.02 Å². The van der Waals surface area contributed by atoms with Crippen LogP contribution in [0.4, 0.5) is 24.5 Å². The average Bonchev–Trinajstić information content (AvgIpc) is 2.48. The van der Waals surface area contributed by atoms with Gasteiger partial charge in [-0.25, -0.2) is 0 Å². The standard InChI is InChI=1S/C13H8ClF3N4O2/c14-9-5-8(13(15,16)17)6-18-11(9)7-19-20-10-3-1-2-4-12(10)21(22)23/h1-7,20H. The number of nitro benzene ring substituents is 1. The van der Waals surface area contributed by atoms with E-state index in [1.807, 2.05) is 0 Å².